The number of aryl methyl sites for hydroxylation is 1. The number of hydrogen-bond acceptors (Lipinski definition) is 4. The van der Waals surface area contributed by atoms with Gasteiger partial charge in [0.05, 0.1) is 16.8 Å². The number of nitrogens with two attached hydrogens (primary N) is 1. The summed E-state index contributed by atoms with van der Waals surface area (Å²) in [6, 6.07) is 4.08. The van der Waals surface area contributed by atoms with Crippen molar-refractivity contribution in [2.75, 3.05) is 0 Å². The first kappa shape index (κ1) is 12.1. The molecule has 90 valence electrons. The maximum atomic E-state index is 5.92. The normalized spacial score (nSPS) is 12.6. The molecule has 2 aromatic rings. The standard InChI is InChI=1S/C12H16N4S/c1-3-11(13)12-5-4-9(6-14-12)17-10-7-15-16(2)8-10/h4-8,11H,3,13H2,1-2H3/t11-/m0/s1. The second kappa shape index (κ2) is 5.33. The Labute approximate surface area is 105 Å². The van der Waals surface area contributed by atoms with Gasteiger partial charge in [-0.15, -0.1) is 0 Å². The molecule has 1 atom stereocenters. The molecule has 0 fully saturated rings. The summed E-state index contributed by atoms with van der Waals surface area (Å²) in [7, 11) is 1.91. The number of hydrogen-bond donors (Lipinski definition) is 1. The minimum atomic E-state index is 0.0347. The van der Waals surface area contributed by atoms with Gasteiger partial charge in [-0.2, -0.15) is 5.10 Å². The Morgan fingerprint density at radius 3 is 2.71 bits per heavy atom. The van der Waals surface area contributed by atoms with E-state index >= 15 is 0 Å². The van der Waals surface area contributed by atoms with Gasteiger partial charge in [0.15, 0.2) is 0 Å². The van der Waals surface area contributed by atoms with Crippen LogP contribution in [-0.2, 0) is 7.05 Å². The van der Waals surface area contributed by atoms with E-state index in [4.69, 9.17) is 5.73 Å². The lowest BCUT2D eigenvalue weighted by Gasteiger charge is -2.07. The third-order valence-corrected chi connectivity index (χ3v) is 3.42. The maximum absolute atomic E-state index is 5.92. The van der Waals surface area contributed by atoms with Gasteiger partial charge in [-0.25, -0.2) is 0 Å². The summed E-state index contributed by atoms with van der Waals surface area (Å²) in [5, 5.41) is 4.13. The van der Waals surface area contributed by atoms with Crippen LogP contribution in [0.5, 0.6) is 0 Å². The molecular formula is C12H16N4S. The van der Waals surface area contributed by atoms with Crippen molar-refractivity contribution in [1.29, 1.82) is 0 Å². The molecule has 2 rings (SSSR count). The molecule has 17 heavy (non-hydrogen) atoms. The smallest absolute Gasteiger partial charge is 0.0629 e. The average molecular weight is 248 g/mol. The van der Waals surface area contributed by atoms with Gasteiger partial charge in [0, 0.05) is 30.4 Å². The van der Waals surface area contributed by atoms with E-state index in [1.807, 2.05) is 31.7 Å². The van der Waals surface area contributed by atoms with E-state index in [1.165, 1.54) is 0 Å². The molecular weight excluding hydrogens is 232 g/mol. The summed E-state index contributed by atoms with van der Waals surface area (Å²) in [5.74, 6) is 0. The number of pyridine rings is 1. The molecule has 0 aliphatic heterocycles. The van der Waals surface area contributed by atoms with Gasteiger partial charge in [0.1, 0.15) is 0 Å². The van der Waals surface area contributed by atoms with E-state index in [2.05, 4.69) is 23.1 Å². The summed E-state index contributed by atoms with van der Waals surface area (Å²) in [5.41, 5.74) is 6.86. The van der Waals surface area contributed by atoms with Crippen LogP contribution in [-0.4, -0.2) is 14.8 Å². The van der Waals surface area contributed by atoms with Gasteiger partial charge >= 0.3 is 0 Å². The van der Waals surface area contributed by atoms with Gasteiger partial charge in [-0.3, -0.25) is 9.67 Å². The Bertz CT molecular complexity index is 478. The maximum Gasteiger partial charge on any atom is 0.0629 e. The number of rotatable bonds is 4. The van der Waals surface area contributed by atoms with E-state index in [0.29, 0.717) is 0 Å². The van der Waals surface area contributed by atoms with Crippen molar-refractivity contribution in [3.05, 3.63) is 36.4 Å². The fourth-order valence-electron chi connectivity index (χ4n) is 1.47. The van der Waals surface area contributed by atoms with E-state index < -0.39 is 0 Å². The van der Waals surface area contributed by atoms with Gasteiger partial charge in [-0.05, 0) is 18.6 Å². The molecule has 4 nitrogen and oxygen atoms in total. The third-order valence-electron chi connectivity index (χ3n) is 2.50. The molecule has 2 N–H and O–H groups in total. The van der Waals surface area contributed by atoms with Crippen LogP contribution in [0.1, 0.15) is 25.1 Å². The molecule has 0 saturated carbocycles. The van der Waals surface area contributed by atoms with Crippen LogP contribution in [0.4, 0.5) is 0 Å². The quantitative estimate of drug-likeness (QED) is 0.902. The van der Waals surface area contributed by atoms with Crippen molar-refractivity contribution in [3.8, 4) is 0 Å². The van der Waals surface area contributed by atoms with Gasteiger partial charge in [0.2, 0.25) is 0 Å². The van der Waals surface area contributed by atoms with E-state index in [9.17, 15) is 0 Å². The van der Waals surface area contributed by atoms with Crippen molar-refractivity contribution in [2.45, 2.75) is 29.2 Å². The summed E-state index contributed by atoms with van der Waals surface area (Å²) < 4.78 is 1.79. The average Bonchev–Trinajstić information content (AvgIpc) is 2.75. The molecule has 0 aliphatic carbocycles. The molecule has 5 heteroatoms. The van der Waals surface area contributed by atoms with Crippen molar-refractivity contribution in [3.63, 3.8) is 0 Å². The van der Waals surface area contributed by atoms with Crippen molar-refractivity contribution in [2.24, 2.45) is 12.8 Å². The molecule has 0 aromatic carbocycles. The lowest BCUT2D eigenvalue weighted by Crippen LogP contribution is -2.10. The fourth-order valence-corrected chi connectivity index (χ4v) is 2.29. The fraction of sp³-hybridized carbons (Fsp3) is 0.333. The molecule has 0 unspecified atom stereocenters. The first-order valence-electron chi connectivity index (χ1n) is 5.57. The Balaban J connectivity index is 2.08. The minimum absolute atomic E-state index is 0.0347. The van der Waals surface area contributed by atoms with Crippen LogP contribution in [0.25, 0.3) is 0 Å². The lowest BCUT2D eigenvalue weighted by atomic mass is 10.1. The Morgan fingerprint density at radius 2 is 2.18 bits per heavy atom. The first-order chi connectivity index (χ1) is 8.19. The van der Waals surface area contributed by atoms with Crippen molar-refractivity contribution in [1.82, 2.24) is 14.8 Å². The second-order valence-electron chi connectivity index (χ2n) is 3.89. The van der Waals surface area contributed by atoms with Crippen molar-refractivity contribution < 1.29 is 0 Å². The van der Waals surface area contributed by atoms with Crippen LogP contribution in [0.3, 0.4) is 0 Å². The summed E-state index contributed by atoms with van der Waals surface area (Å²) in [6.45, 7) is 2.06. The Hall–Kier alpha value is -1.33. The minimum Gasteiger partial charge on any atom is -0.323 e. The van der Waals surface area contributed by atoms with Gasteiger partial charge in [-0.1, -0.05) is 18.7 Å². The molecule has 0 spiro atoms. The Kier molecular flexibility index (Phi) is 3.81. The van der Waals surface area contributed by atoms with Gasteiger partial charge in [0.25, 0.3) is 0 Å². The largest absolute Gasteiger partial charge is 0.323 e. The van der Waals surface area contributed by atoms with Crippen LogP contribution < -0.4 is 5.73 Å². The third kappa shape index (κ3) is 3.08. The molecule has 0 amide bonds. The highest BCUT2D eigenvalue weighted by Crippen LogP contribution is 2.26. The highest BCUT2D eigenvalue weighted by atomic mass is 32.2. The highest BCUT2D eigenvalue weighted by Gasteiger charge is 2.05. The number of nitrogens with zero attached hydrogens (tertiary/aromatic N) is 3. The second-order valence-corrected chi connectivity index (χ2v) is 5.03. The molecule has 0 aliphatic rings. The summed E-state index contributed by atoms with van der Waals surface area (Å²) in [6.07, 6.45) is 6.59. The topological polar surface area (TPSA) is 56.7 Å². The van der Waals surface area contributed by atoms with Gasteiger partial charge < -0.3 is 5.73 Å². The first-order valence-corrected chi connectivity index (χ1v) is 6.38. The summed E-state index contributed by atoms with van der Waals surface area (Å²) >= 11 is 1.65. The van der Waals surface area contributed by atoms with Crippen molar-refractivity contribution >= 4 is 11.8 Å². The van der Waals surface area contributed by atoms with E-state index in [1.54, 1.807) is 16.4 Å². The van der Waals surface area contributed by atoms with Crippen LogP contribution in [0.15, 0.2) is 40.5 Å². The predicted octanol–water partition coefficient (Wildman–Crippen LogP) is 2.38. The number of aromatic nitrogens is 3. The Morgan fingerprint density at radius 1 is 1.35 bits per heavy atom. The molecule has 2 aromatic heterocycles. The van der Waals surface area contributed by atoms with E-state index in [-0.39, 0.29) is 6.04 Å². The van der Waals surface area contributed by atoms with E-state index in [0.717, 1.165) is 21.9 Å². The molecule has 0 radical (unpaired) electrons. The van der Waals surface area contributed by atoms with Crippen LogP contribution in [0, 0.1) is 0 Å². The lowest BCUT2D eigenvalue weighted by molar-refractivity contribution is 0.674. The zero-order chi connectivity index (χ0) is 12.3. The molecule has 2 heterocycles. The SMILES string of the molecule is CC[C@H](N)c1ccc(Sc2cnn(C)c2)cn1. The van der Waals surface area contributed by atoms with Crippen LogP contribution in [0.2, 0.25) is 0 Å². The highest BCUT2D eigenvalue weighted by molar-refractivity contribution is 7.99. The summed E-state index contributed by atoms with van der Waals surface area (Å²) in [4.78, 5) is 6.59. The molecule has 0 bridgehead atoms. The van der Waals surface area contributed by atoms with Crippen LogP contribution >= 0.6 is 11.8 Å². The monoisotopic (exact) mass is 248 g/mol. The predicted molar refractivity (Wildman–Crippen MR) is 68.8 cm³/mol. The zero-order valence-electron chi connectivity index (χ0n) is 10.00. The zero-order valence-corrected chi connectivity index (χ0v) is 10.8. The molecule has 0 saturated heterocycles.